The lowest BCUT2D eigenvalue weighted by atomic mass is 10.0. The van der Waals surface area contributed by atoms with Crippen molar-refractivity contribution in [1.29, 1.82) is 0 Å². The highest BCUT2D eigenvalue weighted by Crippen LogP contribution is 2.37. The lowest BCUT2D eigenvalue weighted by Crippen LogP contribution is -2.46. The van der Waals surface area contributed by atoms with Crippen molar-refractivity contribution in [3.8, 4) is 0 Å². The Balaban J connectivity index is 1.87. The van der Waals surface area contributed by atoms with E-state index in [0.29, 0.717) is 24.4 Å². The van der Waals surface area contributed by atoms with E-state index in [1.165, 1.54) is 64.2 Å². The molecule has 1 aliphatic rings. The van der Waals surface area contributed by atoms with Gasteiger partial charge in [-0.1, -0.05) is 135 Å². The number of ether oxygens (including phenoxy) is 3. The largest absolute Gasteiger partial charge is 0.489 e. The van der Waals surface area contributed by atoms with Gasteiger partial charge in [-0.3, -0.25) is 4.79 Å². The SMILES string of the molecule is CCCCCCCCCCCCCCCC(=O)O[C@@H](CO[Si](C)(C)C(C)(C)C)[C@H]1OC(=O)C(C)=C1OCc1ccccc1. The number of hydrogen-bond donors (Lipinski definition) is 0. The molecule has 2 atom stereocenters. The molecule has 0 spiro atoms. The van der Waals surface area contributed by atoms with Crippen molar-refractivity contribution in [2.75, 3.05) is 6.61 Å². The molecule has 1 aromatic carbocycles. The molecule has 0 amide bonds. The standard InChI is InChI=1S/C36H60O6Si/c1-8-9-10-11-12-13-14-15-16-17-18-19-23-26-32(37)41-31(28-40-43(6,7)36(3,4)5)34-33(29(2)35(38)42-34)39-27-30-24-21-20-22-25-30/h20-22,24-25,31,34H,8-19,23,26-28H2,1-7H3/t31-,34+/m0/s1. The van der Waals surface area contributed by atoms with Crippen molar-refractivity contribution in [3.05, 3.63) is 47.2 Å². The van der Waals surface area contributed by atoms with E-state index >= 15 is 0 Å². The minimum Gasteiger partial charge on any atom is -0.489 e. The highest BCUT2D eigenvalue weighted by molar-refractivity contribution is 6.74. The van der Waals surface area contributed by atoms with E-state index in [0.717, 1.165) is 24.8 Å². The Hall–Kier alpha value is -2.12. The summed E-state index contributed by atoms with van der Waals surface area (Å²) in [5.41, 5.74) is 1.39. The first-order chi connectivity index (χ1) is 20.5. The smallest absolute Gasteiger partial charge is 0.338 e. The lowest BCUT2D eigenvalue weighted by Gasteiger charge is -2.37. The quantitative estimate of drug-likeness (QED) is 0.0734. The first kappa shape index (κ1) is 37.1. The van der Waals surface area contributed by atoms with Gasteiger partial charge in [0.05, 0.1) is 12.2 Å². The molecule has 244 valence electrons. The molecule has 0 N–H and O–H groups in total. The van der Waals surface area contributed by atoms with Crippen LogP contribution in [-0.2, 0) is 34.8 Å². The number of cyclic esters (lactones) is 1. The molecule has 0 saturated carbocycles. The maximum absolute atomic E-state index is 13.0. The summed E-state index contributed by atoms with van der Waals surface area (Å²) < 4.78 is 24.3. The summed E-state index contributed by atoms with van der Waals surface area (Å²) in [6.45, 7) is 15.2. The van der Waals surface area contributed by atoms with Crippen LogP contribution in [0.2, 0.25) is 18.1 Å². The summed E-state index contributed by atoms with van der Waals surface area (Å²) in [5, 5.41) is -0.0130. The molecule has 0 fully saturated rings. The summed E-state index contributed by atoms with van der Waals surface area (Å²) >= 11 is 0. The van der Waals surface area contributed by atoms with E-state index in [-0.39, 0.29) is 17.6 Å². The Morgan fingerprint density at radius 2 is 1.42 bits per heavy atom. The zero-order chi connectivity index (χ0) is 31.7. The van der Waals surface area contributed by atoms with Crippen molar-refractivity contribution < 1.29 is 28.2 Å². The molecule has 0 unspecified atom stereocenters. The van der Waals surface area contributed by atoms with Crippen molar-refractivity contribution in [1.82, 2.24) is 0 Å². The summed E-state index contributed by atoms with van der Waals surface area (Å²) in [7, 11) is -2.15. The molecule has 0 saturated heterocycles. The van der Waals surface area contributed by atoms with E-state index in [1.54, 1.807) is 6.92 Å². The van der Waals surface area contributed by atoms with Gasteiger partial charge in [-0.05, 0) is 37.0 Å². The Morgan fingerprint density at radius 1 is 0.884 bits per heavy atom. The van der Waals surface area contributed by atoms with E-state index in [9.17, 15) is 9.59 Å². The molecule has 0 bridgehead atoms. The number of unbranched alkanes of at least 4 members (excludes halogenated alkanes) is 12. The third kappa shape index (κ3) is 13.6. The number of hydrogen-bond acceptors (Lipinski definition) is 6. The topological polar surface area (TPSA) is 71.1 Å². The van der Waals surface area contributed by atoms with Gasteiger partial charge in [0, 0.05) is 6.42 Å². The number of carbonyl (C=O) groups excluding carboxylic acids is 2. The highest BCUT2D eigenvalue weighted by Gasteiger charge is 2.44. The highest BCUT2D eigenvalue weighted by atomic mass is 28.4. The molecule has 2 rings (SSSR count). The normalized spacial score (nSPS) is 16.3. The molecular formula is C36H60O6Si. The molecule has 1 aromatic rings. The minimum absolute atomic E-state index is 0.0130. The van der Waals surface area contributed by atoms with E-state index in [1.807, 2.05) is 30.3 Å². The van der Waals surface area contributed by atoms with Gasteiger partial charge in [-0.25, -0.2) is 4.79 Å². The summed E-state index contributed by atoms with van der Waals surface area (Å²) in [6.07, 6.45) is 15.0. The first-order valence-electron chi connectivity index (χ1n) is 16.9. The van der Waals surface area contributed by atoms with Gasteiger partial charge in [0.2, 0.25) is 0 Å². The van der Waals surface area contributed by atoms with Crippen molar-refractivity contribution >= 4 is 20.3 Å². The van der Waals surface area contributed by atoms with Crippen LogP contribution >= 0.6 is 0 Å². The van der Waals surface area contributed by atoms with Crippen LogP contribution in [-0.4, -0.2) is 39.1 Å². The third-order valence-corrected chi connectivity index (χ3v) is 13.4. The van der Waals surface area contributed by atoms with Gasteiger partial charge < -0.3 is 18.6 Å². The van der Waals surface area contributed by atoms with Gasteiger partial charge in [0.15, 0.2) is 26.3 Å². The van der Waals surface area contributed by atoms with Crippen molar-refractivity contribution in [2.45, 2.75) is 161 Å². The Bertz CT molecular complexity index is 981. The lowest BCUT2D eigenvalue weighted by molar-refractivity contribution is -0.165. The van der Waals surface area contributed by atoms with Crippen LogP contribution in [0.15, 0.2) is 41.7 Å². The number of rotatable bonds is 22. The fraction of sp³-hybridized carbons (Fsp3) is 0.722. The predicted molar refractivity (Wildman–Crippen MR) is 177 cm³/mol. The van der Waals surface area contributed by atoms with Gasteiger partial charge in [0.25, 0.3) is 0 Å². The van der Waals surface area contributed by atoms with Gasteiger partial charge in [0.1, 0.15) is 6.61 Å². The summed E-state index contributed by atoms with van der Waals surface area (Å²) in [6, 6.07) is 9.78. The minimum atomic E-state index is -2.15. The fourth-order valence-electron chi connectivity index (χ4n) is 4.95. The van der Waals surface area contributed by atoms with Gasteiger partial charge in [-0.2, -0.15) is 0 Å². The zero-order valence-corrected chi connectivity index (χ0v) is 29.3. The Labute approximate surface area is 263 Å². The molecule has 0 aromatic heterocycles. The maximum Gasteiger partial charge on any atom is 0.338 e. The molecule has 6 nitrogen and oxygen atoms in total. The molecule has 7 heteroatoms. The summed E-state index contributed by atoms with van der Waals surface area (Å²) in [4.78, 5) is 25.7. The van der Waals surface area contributed by atoms with Gasteiger partial charge in [-0.15, -0.1) is 0 Å². The van der Waals surface area contributed by atoms with Crippen LogP contribution in [0.1, 0.15) is 130 Å². The van der Waals surface area contributed by atoms with E-state index in [4.69, 9.17) is 18.6 Å². The van der Waals surface area contributed by atoms with E-state index in [2.05, 4.69) is 40.8 Å². The van der Waals surface area contributed by atoms with Crippen LogP contribution in [0.25, 0.3) is 0 Å². The second-order valence-electron chi connectivity index (χ2n) is 13.7. The van der Waals surface area contributed by atoms with Crippen molar-refractivity contribution in [3.63, 3.8) is 0 Å². The Kier molecular flexibility index (Phi) is 16.6. The maximum atomic E-state index is 13.0. The molecule has 0 radical (unpaired) electrons. The first-order valence-corrected chi connectivity index (χ1v) is 19.8. The molecule has 0 aliphatic carbocycles. The third-order valence-electron chi connectivity index (χ3n) is 8.92. The summed E-state index contributed by atoms with van der Waals surface area (Å²) in [5.74, 6) is -0.306. The second kappa shape index (κ2) is 19.3. The molecular weight excluding hydrogens is 556 g/mol. The number of carbonyl (C=O) groups is 2. The Morgan fingerprint density at radius 3 is 1.95 bits per heavy atom. The van der Waals surface area contributed by atoms with Crippen molar-refractivity contribution in [2.24, 2.45) is 0 Å². The predicted octanol–water partition coefficient (Wildman–Crippen LogP) is 9.82. The molecule has 43 heavy (non-hydrogen) atoms. The number of esters is 2. The van der Waals surface area contributed by atoms with Crippen LogP contribution in [0.3, 0.4) is 0 Å². The monoisotopic (exact) mass is 616 g/mol. The second-order valence-corrected chi connectivity index (χ2v) is 18.5. The van der Waals surface area contributed by atoms with Crippen LogP contribution in [0.4, 0.5) is 0 Å². The van der Waals surface area contributed by atoms with E-state index < -0.39 is 26.5 Å². The fourth-order valence-corrected chi connectivity index (χ4v) is 5.96. The average molecular weight is 617 g/mol. The van der Waals surface area contributed by atoms with Crippen LogP contribution < -0.4 is 0 Å². The van der Waals surface area contributed by atoms with Gasteiger partial charge >= 0.3 is 11.9 Å². The molecule has 1 heterocycles. The number of benzene rings is 1. The molecule has 1 aliphatic heterocycles. The van der Waals surface area contributed by atoms with Crippen LogP contribution in [0.5, 0.6) is 0 Å². The zero-order valence-electron chi connectivity index (χ0n) is 28.3. The van der Waals surface area contributed by atoms with Crippen LogP contribution in [0, 0.1) is 0 Å². The average Bonchev–Trinajstić information content (AvgIpc) is 3.25.